The number of nitrogens with one attached hydrogen (secondary N) is 1. The monoisotopic (exact) mass is 320 g/mol. The van der Waals surface area contributed by atoms with Crippen LogP contribution in [-0.4, -0.2) is 39.4 Å². The third-order valence-corrected chi connectivity index (χ3v) is 5.62. The maximum atomic E-state index is 13.8. The van der Waals surface area contributed by atoms with E-state index in [9.17, 15) is 12.8 Å². The Balaban J connectivity index is 2.25. The number of hydrogen-bond acceptors (Lipinski definition) is 3. The van der Waals surface area contributed by atoms with E-state index >= 15 is 0 Å². The summed E-state index contributed by atoms with van der Waals surface area (Å²) in [7, 11) is -1.95. The Morgan fingerprint density at radius 3 is 2.90 bits per heavy atom. The van der Waals surface area contributed by atoms with Crippen LogP contribution in [0.3, 0.4) is 0 Å². The first-order valence-corrected chi connectivity index (χ1v) is 8.36. The fraction of sp³-hybridized carbons (Fsp3) is 0.538. The molecule has 4 nitrogen and oxygen atoms in total. The lowest BCUT2D eigenvalue weighted by Gasteiger charge is -2.31. The van der Waals surface area contributed by atoms with Gasteiger partial charge < -0.3 is 5.32 Å². The van der Waals surface area contributed by atoms with Crippen molar-refractivity contribution >= 4 is 21.6 Å². The maximum Gasteiger partial charge on any atom is 0.245 e. The summed E-state index contributed by atoms with van der Waals surface area (Å²) < 4.78 is 40.2. The van der Waals surface area contributed by atoms with Gasteiger partial charge in [0.25, 0.3) is 0 Å². The molecule has 1 aromatic rings. The van der Waals surface area contributed by atoms with Gasteiger partial charge in [0, 0.05) is 18.1 Å². The van der Waals surface area contributed by atoms with Crippen molar-refractivity contribution in [2.75, 3.05) is 26.7 Å². The molecule has 7 heteroatoms. The second-order valence-electron chi connectivity index (χ2n) is 5.00. The number of nitrogens with zero attached hydrogens (tertiary/aromatic N) is 1. The molecule has 0 saturated carbocycles. The van der Waals surface area contributed by atoms with Crippen LogP contribution in [0.15, 0.2) is 23.1 Å². The standard InChI is InChI=1S/C13H18ClFN2O2S/c1-16-8-10-3-2-6-17(9-10)20(18,19)13-5-4-11(14)7-12(13)15/h4-5,7,10,16H,2-3,6,8-9H2,1H3/t10-/m1/s1. The van der Waals surface area contributed by atoms with Crippen LogP contribution >= 0.6 is 11.6 Å². The zero-order chi connectivity index (χ0) is 14.8. The van der Waals surface area contributed by atoms with Crippen molar-refractivity contribution in [1.29, 1.82) is 0 Å². The Labute approximate surface area is 124 Å². The summed E-state index contributed by atoms with van der Waals surface area (Å²) in [6.45, 7) is 1.62. The van der Waals surface area contributed by atoms with E-state index < -0.39 is 15.8 Å². The lowest BCUT2D eigenvalue weighted by Crippen LogP contribution is -2.42. The molecule has 1 aromatic carbocycles. The van der Waals surface area contributed by atoms with E-state index in [-0.39, 0.29) is 15.8 Å². The zero-order valence-electron chi connectivity index (χ0n) is 11.3. The van der Waals surface area contributed by atoms with Crippen molar-refractivity contribution in [3.05, 3.63) is 29.0 Å². The first kappa shape index (κ1) is 15.7. The van der Waals surface area contributed by atoms with Gasteiger partial charge in [0.05, 0.1) is 0 Å². The Kier molecular flexibility index (Phi) is 5.01. The van der Waals surface area contributed by atoms with E-state index in [1.807, 2.05) is 7.05 Å². The number of piperidine rings is 1. The minimum atomic E-state index is -3.79. The highest BCUT2D eigenvalue weighted by molar-refractivity contribution is 7.89. The van der Waals surface area contributed by atoms with Crippen molar-refractivity contribution < 1.29 is 12.8 Å². The lowest BCUT2D eigenvalue weighted by molar-refractivity contribution is 0.263. The van der Waals surface area contributed by atoms with Crippen LogP contribution in [0, 0.1) is 11.7 Å². The molecule has 1 aliphatic heterocycles. The molecule has 1 atom stereocenters. The van der Waals surface area contributed by atoms with Crippen molar-refractivity contribution in [3.63, 3.8) is 0 Å². The molecule has 1 N–H and O–H groups in total. The SMILES string of the molecule is CNC[C@H]1CCCN(S(=O)(=O)c2ccc(Cl)cc2F)C1. The topological polar surface area (TPSA) is 49.4 Å². The molecular formula is C13H18ClFN2O2S. The summed E-state index contributed by atoms with van der Waals surface area (Å²) in [4.78, 5) is -0.299. The van der Waals surface area contributed by atoms with Crippen LogP contribution in [0.2, 0.25) is 5.02 Å². The van der Waals surface area contributed by atoms with Crippen LogP contribution in [0.4, 0.5) is 4.39 Å². The van der Waals surface area contributed by atoms with Gasteiger partial charge >= 0.3 is 0 Å². The highest BCUT2D eigenvalue weighted by atomic mass is 35.5. The van der Waals surface area contributed by atoms with Crippen molar-refractivity contribution in [1.82, 2.24) is 9.62 Å². The van der Waals surface area contributed by atoms with Gasteiger partial charge in [-0.05, 0) is 50.6 Å². The molecule has 0 aromatic heterocycles. The normalized spacial score (nSPS) is 21.1. The number of halogens is 2. The summed E-state index contributed by atoms with van der Waals surface area (Å²) in [5, 5.41) is 3.24. The Bertz CT molecular complexity index is 578. The minimum Gasteiger partial charge on any atom is -0.319 e. The lowest BCUT2D eigenvalue weighted by atomic mass is 10.00. The van der Waals surface area contributed by atoms with Crippen LogP contribution in [-0.2, 0) is 10.0 Å². The second kappa shape index (κ2) is 6.39. The predicted octanol–water partition coefficient (Wildman–Crippen LogP) is 2.10. The minimum absolute atomic E-state index is 0.188. The third kappa shape index (κ3) is 3.31. The Morgan fingerprint density at radius 1 is 1.50 bits per heavy atom. The highest BCUT2D eigenvalue weighted by Crippen LogP contribution is 2.26. The number of rotatable bonds is 4. The van der Waals surface area contributed by atoms with E-state index in [1.165, 1.54) is 16.4 Å². The van der Waals surface area contributed by atoms with Crippen LogP contribution in [0.5, 0.6) is 0 Å². The largest absolute Gasteiger partial charge is 0.319 e. The van der Waals surface area contributed by atoms with Crippen LogP contribution in [0.25, 0.3) is 0 Å². The molecule has 1 aliphatic rings. The molecule has 0 aliphatic carbocycles. The molecule has 0 radical (unpaired) electrons. The second-order valence-corrected chi connectivity index (χ2v) is 7.35. The average Bonchev–Trinajstić information content (AvgIpc) is 2.39. The van der Waals surface area contributed by atoms with Gasteiger partial charge in [0.15, 0.2) is 0 Å². The fourth-order valence-corrected chi connectivity index (χ4v) is 4.28. The summed E-state index contributed by atoms with van der Waals surface area (Å²) in [6, 6.07) is 3.66. The summed E-state index contributed by atoms with van der Waals surface area (Å²) >= 11 is 5.66. The van der Waals surface area contributed by atoms with E-state index in [0.29, 0.717) is 13.1 Å². The summed E-state index contributed by atoms with van der Waals surface area (Å²) in [5.41, 5.74) is 0. The molecule has 1 fully saturated rings. The number of benzene rings is 1. The first-order valence-electron chi connectivity index (χ1n) is 6.55. The Morgan fingerprint density at radius 2 is 2.25 bits per heavy atom. The number of sulfonamides is 1. The van der Waals surface area contributed by atoms with Crippen molar-refractivity contribution in [2.45, 2.75) is 17.7 Å². The molecule has 20 heavy (non-hydrogen) atoms. The highest BCUT2D eigenvalue weighted by Gasteiger charge is 2.31. The van der Waals surface area contributed by atoms with E-state index in [4.69, 9.17) is 11.6 Å². The molecule has 1 saturated heterocycles. The molecule has 1 heterocycles. The van der Waals surface area contributed by atoms with Crippen LogP contribution < -0.4 is 5.32 Å². The number of hydrogen-bond donors (Lipinski definition) is 1. The van der Waals surface area contributed by atoms with Crippen molar-refractivity contribution in [3.8, 4) is 0 Å². The summed E-state index contributed by atoms with van der Waals surface area (Å²) in [6.07, 6.45) is 1.77. The fourth-order valence-electron chi connectivity index (χ4n) is 2.52. The summed E-state index contributed by atoms with van der Waals surface area (Å²) in [5.74, 6) is -0.535. The smallest absolute Gasteiger partial charge is 0.245 e. The van der Waals surface area contributed by atoms with E-state index in [2.05, 4.69) is 5.32 Å². The van der Waals surface area contributed by atoms with Gasteiger partial charge in [0.1, 0.15) is 10.7 Å². The van der Waals surface area contributed by atoms with Gasteiger partial charge in [-0.25, -0.2) is 12.8 Å². The molecule has 0 spiro atoms. The average molecular weight is 321 g/mol. The molecule has 0 bridgehead atoms. The Hall–Kier alpha value is -0.690. The molecule has 2 rings (SSSR count). The molecule has 112 valence electrons. The van der Waals surface area contributed by atoms with Crippen LogP contribution in [0.1, 0.15) is 12.8 Å². The van der Waals surface area contributed by atoms with E-state index in [0.717, 1.165) is 25.5 Å². The van der Waals surface area contributed by atoms with E-state index in [1.54, 1.807) is 0 Å². The van der Waals surface area contributed by atoms with Gasteiger partial charge in [0.2, 0.25) is 10.0 Å². The third-order valence-electron chi connectivity index (χ3n) is 3.49. The van der Waals surface area contributed by atoms with Crippen molar-refractivity contribution in [2.24, 2.45) is 5.92 Å². The molecule has 0 amide bonds. The quantitative estimate of drug-likeness (QED) is 0.924. The van der Waals surface area contributed by atoms with Gasteiger partial charge in [-0.1, -0.05) is 11.6 Å². The zero-order valence-corrected chi connectivity index (χ0v) is 12.8. The van der Waals surface area contributed by atoms with Gasteiger partial charge in [-0.2, -0.15) is 4.31 Å². The first-order chi connectivity index (χ1) is 9.45. The molecular weight excluding hydrogens is 303 g/mol. The van der Waals surface area contributed by atoms with Gasteiger partial charge in [-0.3, -0.25) is 0 Å². The predicted molar refractivity (Wildman–Crippen MR) is 76.8 cm³/mol. The maximum absolute atomic E-state index is 13.8. The molecule has 0 unspecified atom stereocenters. The van der Waals surface area contributed by atoms with Gasteiger partial charge in [-0.15, -0.1) is 0 Å².